The van der Waals surface area contributed by atoms with Crippen molar-refractivity contribution < 1.29 is 8.78 Å². The number of rotatable bonds is 8. The smallest absolute Gasteiger partial charge is 0.142 e. The molecule has 0 aromatic heterocycles. The minimum absolute atomic E-state index is 0.0379. The minimum atomic E-state index is -0.495. The van der Waals surface area contributed by atoms with Crippen molar-refractivity contribution in [1.29, 1.82) is 0 Å². The summed E-state index contributed by atoms with van der Waals surface area (Å²) in [5.74, 6) is 8.12. The van der Waals surface area contributed by atoms with Crippen LogP contribution in [0.15, 0.2) is 12.1 Å². The Balaban J connectivity index is 1.43. The van der Waals surface area contributed by atoms with Gasteiger partial charge in [-0.25, -0.2) is 8.78 Å². The highest BCUT2D eigenvalue weighted by atomic mass is 19.1. The maximum Gasteiger partial charge on any atom is 0.142 e. The molecule has 3 rings (SSSR count). The molecule has 0 unspecified atom stereocenters. The molecule has 0 N–H and O–H groups in total. The van der Waals surface area contributed by atoms with Crippen molar-refractivity contribution >= 4 is 0 Å². The minimum Gasteiger partial charge on any atom is -0.206 e. The van der Waals surface area contributed by atoms with Crippen LogP contribution >= 0.6 is 0 Å². The summed E-state index contributed by atoms with van der Waals surface area (Å²) < 4.78 is 28.8. The maximum atomic E-state index is 14.4. The van der Waals surface area contributed by atoms with Crippen LogP contribution in [-0.4, -0.2) is 0 Å². The first-order valence-electron chi connectivity index (χ1n) is 13.1. The van der Waals surface area contributed by atoms with Gasteiger partial charge in [0.2, 0.25) is 0 Å². The molecule has 172 valence electrons. The predicted molar refractivity (Wildman–Crippen MR) is 127 cm³/mol. The van der Waals surface area contributed by atoms with Crippen molar-refractivity contribution in [2.75, 3.05) is 0 Å². The van der Waals surface area contributed by atoms with E-state index in [1.807, 2.05) is 0 Å². The summed E-state index contributed by atoms with van der Waals surface area (Å²) in [6.07, 6.45) is 18.4. The van der Waals surface area contributed by atoms with Crippen LogP contribution in [-0.2, 0) is 6.42 Å². The molecule has 31 heavy (non-hydrogen) atoms. The topological polar surface area (TPSA) is 0 Å². The highest BCUT2D eigenvalue weighted by Gasteiger charge is 2.24. The van der Waals surface area contributed by atoms with E-state index in [1.165, 1.54) is 69.9 Å². The van der Waals surface area contributed by atoms with Crippen molar-refractivity contribution in [3.63, 3.8) is 0 Å². The fourth-order valence-corrected chi connectivity index (χ4v) is 5.64. The van der Waals surface area contributed by atoms with Crippen molar-refractivity contribution in [2.24, 2.45) is 23.7 Å². The van der Waals surface area contributed by atoms with E-state index in [9.17, 15) is 8.78 Å². The summed E-state index contributed by atoms with van der Waals surface area (Å²) >= 11 is 0. The third-order valence-corrected chi connectivity index (χ3v) is 7.95. The Morgan fingerprint density at radius 3 is 1.87 bits per heavy atom. The number of aryl methyl sites for hydroxylation is 1. The van der Waals surface area contributed by atoms with Crippen LogP contribution in [0.4, 0.5) is 8.78 Å². The van der Waals surface area contributed by atoms with Crippen molar-refractivity contribution in [2.45, 2.75) is 110 Å². The molecule has 2 aliphatic rings. The van der Waals surface area contributed by atoms with Gasteiger partial charge >= 0.3 is 0 Å². The Labute approximate surface area is 189 Å². The van der Waals surface area contributed by atoms with Gasteiger partial charge in [-0.15, -0.1) is 0 Å². The van der Waals surface area contributed by atoms with Gasteiger partial charge in [0.1, 0.15) is 11.6 Å². The Morgan fingerprint density at radius 1 is 0.774 bits per heavy atom. The first-order chi connectivity index (χ1) is 15.1. The van der Waals surface area contributed by atoms with Crippen LogP contribution < -0.4 is 0 Å². The van der Waals surface area contributed by atoms with Gasteiger partial charge in [0.15, 0.2) is 0 Å². The third kappa shape index (κ3) is 7.62. The van der Waals surface area contributed by atoms with Crippen LogP contribution in [0, 0.1) is 47.1 Å². The van der Waals surface area contributed by atoms with Gasteiger partial charge in [-0.1, -0.05) is 83.5 Å². The molecular weight excluding hydrogens is 386 g/mol. The summed E-state index contributed by atoms with van der Waals surface area (Å²) in [6.45, 7) is 4.46. The van der Waals surface area contributed by atoms with Crippen molar-refractivity contribution in [3.8, 4) is 11.8 Å². The Kier molecular flexibility index (Phi) is 9.89. The highest BCUT2D eigenvalue weighted by Crippen LogP contribution is 2.37. The molecule has 2 fully saturated rings. The van der Waals surface area contributed by atoms with E-state index in [0.29, 0.717) is 5.92 Å². The van der Waals surface area contributed by atoms with E-state index < -0.39 is 11.6 Å². The maximum absolute atomic E-state index is 14.4. The summed E-state index contributed by atoms with van der Waals surface area (Å²) in [7, 11) is 0. The SMILES string of the molecule is CCCCCc1cc(F)c(C#CC2CCC(CCC3CCC(CC)CC3)CC2)c(F)c1. The molecule has 2 saturated carbocycles. The van der Waals surface area contributed by atoms with Crippen LogP contribution in [0.3, 0.4) is 0 Å². The fourth-order valence-electron chi connectivity index (χ4n) is 5.64. The van der Waals surface area contributed by atoms with Crippen LogP contribution in [0.25, 0.3) is 0 Å². The monoisotopic (exact) mass is 428 g/mol. The van der Waals surface area contributed by atoms with E-state index in [1.54, 1.807) is 0 Å². The van der Waals surface area contributed by atoms with Gasteiger partial charge in [-0.2, -0.15) is 0 Å². The molecule has 1 aromatic rings. The molecule has 0 bridgehead atoms. The molecule has 0 saturated heterocycles. The second kappa shape index (κ2) is 12.6. The van der Waals surface area contributed by atoms with Gasteiger partial charge in [-0.3, -0.25) is 0 Å². The number of hydrogen-bond acceptors (Lipinski definition) is 0. The van der Waals surface area contributed by atoms with Crippen LogP contribution in [0.2, 0.25) is 0 Å². The van der Waals surface area contributed by atoms with Gasteiger partial charge < -0.3 is 0 Å². The third-order valence-electron chi connectivity index (χ3n) is 7.95. The van der Waals surface area contributed by atoms with E-state index in [4.69, 9.17) is 0 Å². The quantitative estimate of drug-likeness (QED) is 0.286. The van der Waals surface area contributed by atoms with Crippen molar-refractivity contribution in [1.82, 2.24) is 0 Å². The van der Waals surface area contributed by atoms with Gasteiger partial charge in [-0.05, 0) is 74.0 Å². The second-order valence-electron chi connectivity index (χ2n) is 10.3. The lowest BCUT2D eigenvalue weighted by atomic mass is 9.75. The molecule has 1 aromatic carbocycles. The lowest BCUT2D eigenvalue weighted by Gasteiger charge is -2.30. The molecule has 2 aliphatic carbocycles. The summed E-state index contributed by atoms with van der Waals surface area (Å²) in [5, 5.41) is 0. The Morgan fingerprint density at radius 2 is 1.32 bits per heavy atom. The zero-order valence-electron chi connectivity index (χ0n) is 19.8. The van der Waals surface area contributed by atoms with Gasteiger partial charge in [0.25, 0.3) is 0 Å². The number of halogens is 2. The van der Waals surface area contributed by atoms with E-state index in [0.717, 1.165) is 61.8 Å². The molecule has 0 heterocycles. The average Bonchev–Trinajstić information content (AvgIpc) is 2.78. The first kappa shape index (κ1) is 24.3. The normalized spacial score (nSPS) is 26.3. The zero-order chi connectivity index (χ0) is 22.1. The molecule has 0 amide bonds. The molecule has 0 atom stereocenters. The Bertz CT molecular complexity index is 702. The van der Waals surface area contributed by atoms with Crippen LogP contribution in [0.5, 0.6) is 0 Å². The van der Waals surface area contributed by atoms with E-state index in [2.05, 4.69) is 25.7 Å². The number of unbranched alkanes of at least 4 members (excludes halogenated alkanes) is 2. The van der Waals surface area contributed by atoms with Gasteiger partial charge in [0.05, 0.1) is 5.56 Å². The standard InChI is InChI=1S/C29H42F2/c1-3-5-6-7-26-20-28(30)27(29(31)21-26)19-18-25-16-14-24(15-17-25)13-12-23-10-8-22(4-2)9-11-23/h20-25H,3-17H2,1-2H3. The summed E-state index contributed by atoms with van der Waals surface area (Å²) in [6, 6.07) is 2.96. The van der Waals surface area contributed by atoms with Crippen LogP contribution in [0.1, 0.15) is 115 Å². The molecular formula is C29H42F2. The molecule has 0 spiro atoms. The molecule has 0 radical (unpaired) electrons. The number of hydrogen-bond donors (Lipinski definition) is 0. The zero-order valence-corrected chi connectivity index (χ0v) is 19.8. The highest BCUT2D eigenvalue weighted by molar-refractivity contribution is 5.39. The molecule has 2 heteroatoms. The van der Waals surface area contributed by atoms with E-state index in [-0.39, 0.29) is 5.56 Å². The number of benzene rings is 1. The summed E-state index contributed by atoms with van der Waals surface area (Å²) in [5.41, 5.74) is 0.710. The van der Waals surface area contributed by atoms with E-state index >= 15 is 0 Å². The molecule has 0 nitrogen and oxygen atoms in total. The summed E-state index contributed by atoms with van der Waals surface area (Å²) in [4.78, 5) is 0. The predicted octanol–water partition coefficient (Wildman–Crippen LogP) is 8.85. The fraction of sp³-hybridized carbons (Fsp3) is 0.724. The first-order valence-corrected chi connectivity index (χ1v) is 13.1. The second-order valence-corrected chi connectivity index (χ2v) is 10.3. The molecule has 0 aliphatic heterocycles. The lowest BCUT2D eigenvalue weighted by molar-refractivity contribution is 0.225. The van der Waals surface area contributed by atoms with Crippen molar-refractivity contribution in [3.05, 3.63) is 34.9 Å². The van der Waals surface area contributed by atoms with Gasteiger partial charge in [0, 0.05) is 5.92 Å². The Hall–Kier alpha value is -1.36. The largest absolute Gasteiger partial charge is 0.206 e. The average molecular weight is 429 g/mol. The lowest BCUT2D eigenvalue weighted by Crippen LogP contribution is -2.17.